The number of halogens is 2. The first-order chi connectivity index (χ1) is 10.1. The summed E-state index contributed by atoms with van der Waals surface area (Å²) < 4.78 is 1.77. The van der Waals surface area contributed by atoms with Crippen molar-refractivity contribution in [3.8, 4) is 5.69 Å². The van der Waals surface area contributed by atoms with E-state index < -0.39 is 0 Å². The molecule has 1 fully saturated rings. The minimum atomic E-state index is 0. The topological polar surface area (TPSA) is 46.0 Å². The normalized spacial score (nSPS) is 22.3. The average Bonchev–Trinajstić information content (AvgIpc) is 2.93. The van der Waals surface area contributed by atoms with Gasteiger partial charge in [-0.1, -0.05) is 17.7 Å². The van der Waals surface area contributed by atoms with Gasteiger partial charge in [-0.15, -0.1) is 12.4 Å². The van der Waals surface area contributed by atoms with Crippen molar-refractivity contribution in [2.75, 3.05) is 13.1 Å². The van der Waals surface area contributed by atoms with E-state index in [0.717, 1.165) is 25.3 Å². The van der Waals surface area contributed by atoms with E-state index in [0.29, 0.717) is 17.1 Å². The molecule has 5 nitrogen and oxygen atoms in total. The molecule has 1 aliphatic rings. The predicted molar refractivity (Wildman–Crippen MR) is 91.0 cm³/mol. The van der Waals surface area contributed by atoms with E-state index in [1.807, 2.05) is 12.1 Å². The van der Waals surface area contributed by atoms with E-state index in [1.54, 1.807) is 17.3 Å². The molecule has 2 atom stereocenters. The van der Waals surface area contributed by atoms with Crippen LogP contribution < -0.4 is 5.32 Å². The zero-order valence-electron chi connectivity index (χ0n) is 12.7. The highest BCUT2D eigenvalue weighted by molar-refractivity contribution is 6.30. The standard InChI is InChI=1S/C15H20ClN5.ClH/c1-11-6-20(7-12(2)19-11)8-13-3-4-14(16)5-15(13)21-10-17-9-18-21;/h3-5,9-12,19H,6-8H2,1-2H3;1H. The number of piperazine rings is 1. The van der Waals surface area contributed by atoms with Crippen LogP contribution in [-0.4, -0.2) is 44.8 Å². The van der Waals surface area contributed by atoms with E-state index in [-0.39, 0.29) is 12.4 Å². The van der Waals surface area contributed by atoms with Gasteiger partial charge in [-0.3, -0.25) is 4.90 Å². The van der Waals surface area contributed by atoms with Crippen LogP contribution in [0, 0.1) is 0 Å². The lowest BCUT2D eigenvalue weighted by atomic mass is 10.1. The predicted octanol–water partition coefficient (Wildman–Crippen LogP) is 2.52. The van der Waals surface area contributed by atoms with Gasteiger partial charge in [-0.25, -0.2) is 9.67 Å². The van der Waals surface area contributed by atoms with Crippen molar-refractivity contribution < 1.29 is 0 Å². The molecule has 120 valence electrons. The summed E-state index contributed by atoms with van der Waals surface area (Å²) in [6.45, 7) is 7.43. The Kier molecular flexibility index (Phi) is 5.81. The van der Waals surface area contributed by atoms with E-state index in [2.05, 4.69) is 40.2 Å². The van der Waals surface area contributed by atoms with Crippen molar-refractivity contribution in [1.82, 2.24) is 25.0 Å². The summed E-state index contributed by atoms with van der Waals surface area (Å²) in [6.07, 6.45) is 3.25. The molecule has 1 saturated heterocycles. The molecular weight excluding hydrogens is 321 g/mol. The monoisotopic (exact) mass is 341 g/mol. The number of nitrogens with one attached hydrogen (secondary N) is 1. The van der Waals surface area contributed by atoms with Crippen molar-refractivity contribution >= 4 is 24.0 Å². The Morgan fingerprint density at radius 2 is 2.00 bits per heavy atom. The zero-order chi connectivity index (χ0) is 14.8. The van der Waals surface area contributed by atoms with Crippen molar-refractivity contribution in [2.24, 2.45) is 0 Å². The maximum absolute atomic E-state index is 6.14. The molecule has 0 aliphatic carbocycles. The van der Waals surface area contributed by atoms with Crippen LogP contribution in [0.25, 0.3) is 5.69 Å². The van der Waals surface area contributed by atoms with Gasteiger partial charge in [0.2, 0.25) is 0 Å². The third-order valence-electron chi connectivity index (χ3n) is 3.74. The highest BCUT2D eigenvalue weighted by Crippen LogP contribution is 2.21. The first-order valence-electron chi connectivity index (χ1n) is 7.23. The van der Waals surface area contributed by atoms with Crippen molar-refractivity contribution in [2.45, 2.75) is 32.5 Å². The molecule has 2 unspecified atom stereocenters. The Labute approximate surface area is 142 Å². The first-order valence-corrected chi connectivity index (χ1v) is 7.61. The maximum Gasteiger partial charge on any atom is 0.138 e. The van der Waals surface area contributed by atoms with Gasteiger partial charge in [0.15, 0.2) is 0 Å². The quantitative estimate of drug-likeness (QED) is 0.931. The minimum Gasteiger partial charge on any atom is -0.309 e. The molecule has 0 bridgehead atoms. The fourth-order valence-corrected chi connectivity index (χ4v) is 3.19. The van der Waals surface area contributed by atoms with Crippen LogP contribution in [0.3, 0.4) is 0 Å². The second-order valence-corrected chi connectivity index (χ2v) is 6.21. The summed E-state index contributed by atoms with van der Waals surface area (Å²) in [5.41, 5.74) is 2.21. The Hall–Kier alpha value is -1.14. The van der Waals surface area contributed by atoms with Crippen LogP contribution in [0.5, 0.6) is 0 Å². The van der Waals surface area contributed by atoms with E-state index >= 15 is 0 Å². The Bertz CT molecular complexity index is 592. The summed E-state index contributed by atoms with van der Waals surface area (Å²) in [6, 6.07) is 6.98. The number of aromatic nitrogens is 3. The molecular formula is C15H21Cl2N5. The summed E-state index contributed by atoms with van der Waals surface area (Å²) in [5, 5.41) is 8.50. The van der Waals surface area contributed by atoms with Gasteiger partial charge in [-0.05, 0) is 31.5 Å². The molecule has 1 aromatic carbocycles. The Balaban J connectivity index is 0.00000176. The Morgan fingerprint density at radius 3 is 2.64 bits per heavy atom. The number of hydrogen-bond donors (Lipinski definition) is 1. The third kappa shape index (κ3) is 3.98. The highest BCUT2D eigenvalue weighted by Gasteiger charge is 2.21. The van der Waals surface area contributed by atoms with Crippen molar-refractivity contribution in [3.05, 3.63) is 41.4 Å². The molecule has 0 amide bonds. The smallest absolute Gasteiger partial charge is 0.138 e. The highest BCUT2D eigenvalue weighted by atomic mass is 35.5. The molecule has 7 heteroatoms. The lowest BCUT2D eigenvalue weighted by Crippen LogP contribution is -2.53. The van der Waals surface area contributed by atoms with Crippen LogP contribution in [0.4, 0.5) is 0 Å². The lowest BCUT2D eigenvalue weighted by molar-refractivity contribution is 0.166. The van der Waals surface area contributed by atoms with Gasteiger partial charge in [-0.2, -0.15) is 5.10 Å². The van der Waals surface area contributed by atoms with Crippen molar-refractivity contribution in [1.29, 1.82) is 0 Å². The molecule has 0 radical (unpaired) electrons. The van der Waals surface area contributed by atoms with E-state index in [1.165, 1.54) is 5.56 Å². The SMILES string of the molecule is CC1CN(Cc2ccc(Cl)cc2-n2cncn2)CC(C)N1.Cl. The zero-order valence-corrected chi connectivity index (χ0v) is 14.3. The number of nitrogens with zero attached hydrogens (tertiary/aromatic N) is 4. The molecule has 2 heterocycles. The average molecular weight is 342 g/mol. The third-order valence-corrected chi connectivity index (χ3v) is 3.98. The minimum absolute atomic E-state index is 0. The second-order valence-electron chi connectivity index (χ2n) is 5.78. The molecule has 1 N–H and O–H groups in total. The van der Waals surface area contributed by atoms with Gasteiger partial charge in [0.05, 0.1) is 5.69 Å². The first kappa shape index (κ1) is 17.2. The lowest BCUT2D eigenvalue weighted by Gasteiger charge is -2.36. The molecule has 0 saturated carbocycles. The van der Waals surface area contributed by atoms with Crippen LogP contribution in [0.2, 0.25) is 5.02 Å². The molecule has 0 spiro atoms. The summed E-state index contributed by atoms with van der Waals surface area (Å²) in [5.74, 6) is 0. The van der Waals surface area contributed by atoms with Crippen LogP contribution >= 0.6 is 24.0 Å². The maximum atomic E-state index is 6.14. The number of benzene rings is 1. The molecule has 22 heavy (non-hydrogen) atoms. The summed E-state index contributed by atoms with van der Waals surface area (Å²) in [4.78, 5) is 6.49. The summed E-state index contributed by atoms with van der Waals surface area (Å²) >= 11 is 6.14. The van der Waals surface area contributed by atoms with Gasteiger partial charge in [0.1, 0.15) is 12.7 Å². The molecule has 2 aromatic rings. The Morgan fingerprint density at radius 1 is 1.27 bits per heavy atom. The molecule has 3 rings (SSSR count). The summed E-state index contributed by atoms with van der Waals surface area (Å²) in [7, 11) is 0. The van der Waals surface area contributed by atoms with Crippen LogP contribution in [0.15, 0.2) is 30.9 Å². The van der Waals surface area contributed by atoms with Crippen molar-refractivity contribution in [3.63, 3.8) is 0 Å². The van der Waals surface area contributed by atoms with E-state index in [9.17, 15) is 0 Å². The van der Waals surface area contributed by atoms with Gasteiger partial charge in [0, 0.05) is 36.7 Å². The fourth-order valence-electron chi connectivity index (χ4n) is 3.03. The van der Waals surface area contributed by atoms with Gasteiger partial charge < -0.3 is 5.32 Å². The number of hydrogen-bond acceptors (Lipinski definition) is 4. The van der Waals surface area contributed by atoms with E-state index in [4.69, 9.17) is 11.6 Å². The molecule has 1 aliphatic heterocycles. The molecule has 1 aromatic heterocycles. The number of rotatable bonds is 3. The second kappa shape index (κ2) is 7.42. The largest absolute Gasteiger partial charge is 0.309 e. The fraction of sp³-hybridized carbons (Fsp3) is 0.467. The van der Waals surface area contributed by atoms with Gasteiger partial charge in [0.25, 0.3) is 0 Å². The van der Waals surface area contributed by atoms with Crippen LogP contribution in [-0.2, 0) is 6.54 Å². The van der Waals surface area contributed by atoms with Crippen LogP contribution in [0.1, 0.15) is 19.4 Å². The van der Waals surface area contributed by atoms with Gasteiger partial charge >= 0.3 is 0 Å².